The number of nitro groups is 1. The van der Waals surface area contributed by atoms with Gasteiger partial charge < -0.3 is 40.2 Å². The fraction of sp³-hybridized carbons (Fsp3) is 0.476. The predicted molar refractivity (Wildman–Crippen MR) is 398 cm³/mol. The SMILES string of the molecule is COc1ccc([N+](CCCC[C@H](NC(=O)C[C@H](Cc2ccc(C#N)cc2)NC(=O)CCC(=O)NCCCO[C@H]2CC[C@@]3(C)C(=CC[C@H]4[C@@H]5CC[C@H]([C@H](C)CCCC(C)C)[C@@]5(C)CC[C@@H]43)C2)C(=O)Nc2ccc(COC(=O)Oc3ccc([N+](=O)[O-])cc3)cc2)(c2ccccc2)c2ccccc2)cc1. The number of hydrogen-bond acceptors (Lipinski definition) is 12. The van der Waals surface area contributed by atoms with E-state index in [1.807, 2.05) is 48.5 Å². The van der Waals surface area contributed by atoms with Crippen molar-refractivity contribution in [3.8, 4) is 17.6 Å². The van der Waals surface area contributed by atoms with E-state index >= 15 is 0 Å². The topological polar surface area (TPSA) is 237 Å². The monoisotopic (exact) mass is 1390 g/mol. The standard InChI is InChI=1S/C84H103N7O11/c1-58(2)17-15-18-59(3)74-42-43-75-73-41-30-63-54-72(46-48-83(63,4)76(73)47-49-84(74,75)5)100-52-16-50-86-78(92)44-45-79(93)87-65(53-60-24-26-61(56-85)27-25-60)55-80(94)89-77(81(95)88-64-31-28-62(29-32-64)57-101-82(96)102-71-37-33-66(34-38-71)90(97)98)23-13-14-51-91(67-19-9-7-10-20-67,68-21-11-8-12-22-68)69-35-39-70(99-6)40-36-69/h7-12,19-22,24-40,58-59,65,72-77H,13-18,23,41-55,57H2,1-6H3,(H3-,86,87,88,89,92,93,94,95)/p+1/t59-,65+,72+,73+,74-,75+,76+,77+,83+,84-/m1/s1. The number of benzene rings is 6. The van der Waals surface area contributed by atoms with Crippen molar-refractivity contribution in [3.63, 3.8) is 0 Å². The third kappa shape index (κ3) is 19.3. The van der Waals surface area contributed by atoms with Crippen molar-refractivity contribution in [3.05, 3.63) is 196 Å². The third-order valence-corrected chi connectivity index (χ3v) is 22.8. The van der Waals surface area contributed by atoms with Gasteiger partial charge in [-0.1, -0.05) is 126 Å². The van der Waals surface area contributed by atoms with Gasteiger partial charge in [0, 0.05) is 68.4 Å². The highest BCUT2D eigenvalue weighted by atomic mass is 16.7. The lowest BCUT2D eigenvalue weighted by molar-refractivity contribution is -0.384. The molecule has 0 aliphatic heterocycles. The number of carbonyl (C=O) groups is 5. The quantitative estimate of drug-likeness (QED) is 0.00561. The number of unbranched alkanes of at least 4 members (excludes halogenated alkanes) is 1. The van der Waals surface area contributed by atoms with Crippen molar-refractivity contribution >= 4 is 58.2 Å². The number of rotatable bonds is 34. The van der Waals surface area contributed by atoms with E-state index in [0.29, 0.717) is 65.7 Å². The summed E-state index contributed by atoms with van der Waals surface area (Å²) >= 11 is 0. The number of anilines is 1. The van der Waals surface area contributed by atoms with Crippen LogP contribution in [0.5, 0.6) is 11.5 Å². The van der Waals surface area contributed by atoms with Gasteiger partial charge in [-0.2, -0.15) is 5.26 Å². The molecule has 6 aromatic rings. The zero-order chi connectivity index (χ0) is 72.2. The number of ether oxygens (including phenoxy) is 4. The van der Waals surface area contributed by atoms with Crippen LogP contribution >= 0.6 is 0 Å². The molecule has 0 unspecified atom stereocenters. The largest absolute Gasteiger partial charge is 0.514 e. The van der Waals surface area contributed by atoms with Gasteiger partial charge in [0.1, 0.15) is 41.2 Å². The van der Waals surface area contributed by atoms with E-state index in [-0.39, 0.29) is 67.6 Å². The first-order valence-corrected chi connectivity index (χ1v) is 37.0. The lowest BCUT2D eigenvalue weighted by Gasteiger charge is -2.58. The summed E-state index contributed by atoms with van der Waals surface area (Å²) in [4.78, 5) is 79.3. The van der Waals surface area contributed by atoms with E-state index in [1.54, 1.807) is 61.2 Å². The lowest BCUT2D eigenvalue weighted by Crippen LogP contribution is -2.51. The van der Waals surface area contributed by atoms with Gasteiger partial charge >= 0.3 is 6.16 Å². The number of fused-ring (bicyclic) bond motifs is 5. The minimum atomic E-state index is -1.04. The summed E-state index contributed by atoms with van der Waals surface area (Å²) in [5.74, 6) is 3.94. The number of nitrogens with one attached hydrogen (secondary N) is 4. The van der Waals surface area contributed by atoms with Crippen molar-refractivity contribution in [1.29, 1.82) is 5.26 Å². The van der Waals surface area contributed by atoms with Crippen LogP contribution in [0.15, 0.2) is 169 Å². The van der Waals surface area contributed by atoms with Crippen LogP contribution < -0.4 is 35.2 Å². The molecule has 18 nitrogen and oxygen atoms in total. The summed E-state index contributed by atoms with van der Waals surface area (Å²) in [6.45, 7) is 13.9. The molecular weight excluding hydrogens is 1280 g/mol. The number of nitro benzene ring substituents is 1. The molecule has 0 saturated heterocycles. The maximum absolute atomic E-state index is 14.6. The van der Waals surface area contributed by atoms with Crippen LogP contribution in [0.1, 0.15) is 167 Å². The molecule has 0 heterocycles. The zero-order valence-electron chi connectivity index (χ0n) is 60.4. The number of hydrogen-bond donors (Lipinski definition) is 4. The Hall–Kier alpha value is -9.18. The summed E-state index contributed by atoms with van der Waals surface area (Å²) in [7, 11) is 1.63. The van der Waals surface area contributed by atoms with Gasteiger partial charge in [0.05, 0.1) is 36.3 Å². The Morgan fingerprint density at radius 2 is 1.35 bits per heavy atom. The van der Waals surface area contributed by atoms with E-state index in [4.69, 9.17) is 18.9 Å². The Balaban J connectivity index is 0.742. The Labute approximate surface area is 602 Å². The van der Waals surface area contributed by atoms with Gasteiger partial charge in [-0.05, 0) is 214 Å². The number of para-hydroxylation sites is 2. The van der Waals surface area contributed by atoms with Crippen LogP contribution in [0.2, 0.25) is 0 Å². The van der Waals surface area contributed by atoms with Gasteiger partial charge in [0.2, 0.25) is 23.6 Å². The number of quaternary nitrogens is 1. The second-order valence-electron chi connectivity index (χ2n) is 29.8. The van der Waals surface area contributed by atoms with E-state index in [1.165, 1.54) is 75.6 Å². The maximum Gasteiger partial charge on any atom is 0.514 e. The summed E-state index contributed by atoms with van der Waals surface area (Å²) in [5.41, 5.74) is 7.42. The van der Waals surface area contributed by atoms with Gasteiger partial charge in [-0.15, -0.1) is 0 Å². The first-order chi connectivity index (χ1) is 49.3. The number of non-ortho nitro benzene ring substituents is 1. The molecule has 4 amide bonds. The zero-order valence-corrected chi connectivity index (χ0v) is 60.4. The Kier molecular flexibility index (Phi) is 26.4. The molecule has 540 valence electrons. The summed E-state index contributed by atoms with van der Waals surface area (Å²) in [5, 5.41) is 32.6. The average molecular weight is 1390 g/mol. The molecule has 0 spiro atoms. The van der Waals surface area contributed by atoms with Crippen LogP contribution in [-0.2, 0) is 41.7 Å². The number of allylic oxidation sites excluding steroid dienone is 1. The third-order valence-electron chi connectivity index (χ3n) is 22.8. The Morgan fingerprint density at radius 3 is 2.02 bits per heavy atom. The molecule has 0 bridgehead atoms. The van der Waals surface area contributed by atoms with Gasteiger partial charge in [-0.25, -0.2) is 9.28 Å². The fourth-order valence-corrected chi connectivity index (χ4v) is 17.4. The molecule has 18 heteroatoms. The highest BCUT2D eigenvalue weighted by molar-refractivity contribution is 5.97. The summed E-state index contributed by atoms with van der Waals surface area (Å²) in [6.07, 6.45) is 17.6. The minimum Gasteiger partial charge on any atom is -0.497 e. The van der Waals surface area contributed by atoms with Crippen molar-refractivity contribution in [1.82, 2.24) is 20.4 Å². The second-order valence-corrected chi connectivity index (χ2v) is 29.8. The molecule has 10 atom stereocenters. The Bertz CT molecular complexity index is 3800. The smallest absolute Gasteiger partial charge is 0.497 e. The average Bonchev–Trinajstić information content (AvgIpc) is 1.40. The number of nitrogens with zero attached hydrogens (tertiary/aromatic N) is 3. The van der Waals surface area contributed by atoms with Crippen LogP contribution in [-0.4, -0.2) is 79.7 Å². The number of carbonyl (C=O) groups excluding carboxylic acids is 5. The summed E-state index contributed by atoms with van der Waals surface area (Å²) in [6, 6.07) is 47.3. The van der Waals surface area contributed by atoms with Crippen molar-refractivity contribution < 1.29 is 47.8 Å². The minimum absolute atomic E-state index is 0.0575. The van der Waals surface area contributed by atoms with E-state index in [2.05, 4.69) is 104 Å². The van der Waals surface area contributed by atoms with Crippen molar-refractivity contribution in [2.24, 2.45) is 46.3 Å². The van der Waals surface area contributed by atoms with Crippen LogP contribution in [0.3, 0.4) is 0 Å². The first kappa shape index (κ1) is 75.5. The molecular formula is C84H104N7O11+. The van der Waals surface area contributed by atoms with E-state index in [0.717, 1.165) is 83.1 Å². The van der Waals surface area contributed by atoms with E-state index < -0.39 is 40.9 Å². The number of amides is 4. The Morgan fingerprint density at radius 1 is 0.686 bits per heavy atom. The molecule has 6 aromatic carbocycles. The van der Waals surface area contributed by atoms with Crippen molar-refractivity contribution in [2.75, 3.05) is 32.1 Å². The normalized spacial score (nSPS) is 21.4. The fourth-order valence-electron chi connectivity index (χ4n) is 17.4. The molecule has 102 heavy (non-hydrogen) atoms. The number of nitriles is 1. The second kappa shape index (κ2) is 35.6. The predicted octanol–water partition coefficient (Wildman–Crippen LogP) is 17.3. The molecule has 0 radical (unpaired) electrons. The molecule has 10 rings (SSSR count). The molecule has 4 aliphatic carbocycles. The molecule has 3 saturated carbocycles. The highest BCUT2D eigenvalue weighted by Gasteiger charge is 2.59. The van der Waals surface area contributed by atoms with Gasteiger partial charge in [-0.3, -0.25) is 29.3 Å². The summed E-state index contributed by atoms with van der Waals surface area (Å²) < 4.78 is 22.9. The molecule has 4 N–H and O–H groups in total. The van der Waals surface area contributed by atoms with Crippen LogP contribution in [0.4, 0.5) is 33.2 Å². The molecule has 4 aliphatic rings. The molecule has 3 fully saturated rings. The van der Waals surface area contributed by atoms with Crippen LogP contribution in [0, 0.1) is 67.8 Å². The number of methoxy groups -OCH3 is 1. The molecule has 0 aromatic heterocycles. The first-order valence-electron chi connectivity index (χ1n) is 37.0. The van der Waals surface area contributed by atoms with Gasteiger partial charge in [0.15, 0.2) is 0 Å². The van der Waals surface area contributed by atoms with Crippen LogP contribution in [0.25, 0.3) is 0 Å². The van der Waals surface area contributed by atoms with Gasteiger partial charge in [0.25, 0.3) is 5.69 Å². The van der Waals surface area contributed by atoms with Crippen molar-refractivity contribution in [2.45, 2.75) is 181 Å². The highest BCUT2D eigenvalue weighted by Crippen LogP contribution is 2.67. The maximum atomic E-state index is 14.6. The van der Waals surface area contributed by atoms with E-state index in [9.17, 15) is 39.3 Å². The lowest BCUT2D eigenvalue weighted by atomic mass is 9.47.